The molecule has 1 saturated carbocycles. The minimum Gasteiger partial charge on any atom is -0.393 e. The maximum absolute atomic E-state index is 10.1. The monoisotopic (exact) mass is 256 g/mol. The number of hydrogen-bond donors (Lipinski definition) is 1. The zero-order valence-corrected chi connectivity index (χ0v) is 13.8. The van der Waals surface area contributed by atoms with E-state index in [2.05, 4.69) is 34.6 Å². The fraction of sp³-hybridized carbons (Fsp3) is 1.00. The quantitative estimate of drug-likeness (QED) is 0.729. The predicted molar refractivity (Wildman–Crippen MR) is 81.7 cm³/mol. The van der Waals surface area contributed by atoms with Crippen molar-refractivity contribution in [1.82, 2.24) is 0 Å². The van der Waals surface area contributed by atoms with Gasteiger partial charge in [0.05, 0.1) is 6.10 Å². The van der Waals surface area contributed by atoms with Gasteiger partial charge < -0.3 is 5.11 Å². The van der Waals surface area contributed by atoms with Crippen LogP contribution in [-0.4, -0.2) is 11.2 Å². The van der Waals surface area contributed by atoms with E-state index in [1.54, 1.807) is 0 Å². The highest BCUT2D eigenvalue weighted by atomic mass is 16.3. The van der Waals surface area contributed by atoms with E-state index < -0.39 is 0 Å². The first-order chi connectivity index (χ1) is 8.30. The number of rotatable bonds is 3. The van der Waals surface area contributed by atoms with Crippen molar-refractivity contribution in [2.75, 3.05) is 0 Å². The fourth-order valence-electron chi connectivity index (χ4n) is 3.00. The minimum atomic E-state index is -0.0599. The lowest BCUT2D eigenvalue weighted by atomic mass is 9.66. The van der Waals surface area contributed by atoms with Crippen LogP contribution in [0.15, 0.2) is 0 Å². The summed E-state index contributed by atoms with van der Waals surface area (Å²) in [5.74, 6) is 2.17. The summed E-state index contributed by atoms with van der Waals surface area (Å²) in [6, 6.07) is 0. The van der Waals surface area contributed by atoms with Crippen LogP contribution in [0.5, 0.6) is 0 Å². The van der Waals surface area contributed by atoms with Gasteiger partial charge in [-0.1, -0.05) is 61.3 Å². The molecule has 0 bridgehead atoms. The molecule has 18 heavy (non-hydrogen) atoms. The lowest BCUT2D eigenvalue weighted by molar-refractivity contribution is -0.0101. The predicted octanol–water partition coefficient (Wildman–Crippen LogP) is 5.27. The van der Waals surface area contributed by atoms with E-state index in [0.717, 1.165) is 18.3 Å². The molecule has 0 saturated heterocycles. The smallest absolute Gasteiger partial charge is 0.0573 e. The van der Waals surface area contributed by atoms with Gasteiger partial charge in [0.15, 0.2) is 0 Å². The Hall–Kier alpha value is -0.0400. The molecular formula is C17H36O. The van der Waals surface area contributed by atoms with E-state index in [4.69, 9.17) is 0 Å². The summed E-state index contributed by atoms with van der Waals surface area (Å²) >= 11 is 0. The molecule has 0 heterocycles. The first-order valence-corrected chi connectivity index (χ1v) is 7.98. The van der Waals surface area contributed by atoms with Crippen LogP contribution in [0.1, 0.15) is 80.6 Å². The van der Waals surface area contributed by atoms with Gasteiger partial charge in [-0.25, -0.2) is 0 Å². The molecule has 1 aliphatic carbocycles. The van der Waals surface area contributed by atoms with Crippen LogP contribution in [0.3, 0.4) is 0 Å². The van der Waals surface area contributed by atoms with E-state index in [1.165, 1.54) is 25.7 Å². The zero-order chi connectivity index (χ0) is 14.3. The lowest BCUT2D eigenvalue weighted by Crippen LogP contribution is -2.37. The normalized spacial score (nSPS) is 28.8. The molecule has 0 amide bonds. The van der Waals surface area contributed by atoms with Gasteiger partial charge in [-0.2, -0.15) is 0 Å². The molecule has 1 fully saturated rings. The average molecular weight is 256 g/mol. The Morgan fingerprint density at radius 3 is 2.11 bits per heavy atom. The van der Waals surface area contributed by atoms with Gasteiger partial charge in [0.2, 0.25) is 0 Å². The van der Waals surface area contributed by atoms with Crippen LogP contribution in [0, 0.1) is 23.2 Å². The summed E-state index contributed by atoms with van der Waals surface area (Å²) < 4.78 is 0. The molecule has 110 valence electrons. The molecule has 1 nitrogen and oxygen atoms in total. The standard InChI is InChI=1S/C15H30O.C2H6/c1-11(2)6-7-12-8-9-14(16)13(10-12)15(3,4)5;1-2/h11-14,16H,6-10H2,1-5H3;1-2H3. The molecule has 1 aliphatic rings. The summed E-state index contributed by atoms with van der Waals surface area (Å²) in [6.07, 6.45) is 6.13. The molecule has 0 aromatic heterocycles. The van der Waals surface area contributed by atoms with Gasteiger partial charge in [-0.3, -0.25) is 0 Å². The van der Waals surface area contributed by atoms with Crippen molar-refractivity contribution in [3.05, 3.63) is 0 Å². The molecule has 0 spiro atoms. The minimum absolute atomic E-state index is 0.0599. The van der Waals surface area contributed by atoms with E-state index in [0.29, 0.717) is 5.92 Å². The largest absolute Gasteiger partial charge is 0.393 e. The Morgan fingerprint density at radius 2 is 1.67 bits per heavy atom. The molecule has 3 unspecified atom stereocenters. The first-order valence-electron chi connectivity index (χ1n) is 7.98. The third-order valence-corrected chi connectivity index (χ3v) is 4.19. The second-order valence-electron chi connectivity index (χ2n) is 7.19. The zero-order valence-electron chi connectivity index (χ0n) is 13.8. The second kappa shape index (κ2) is 8.19. The Labute approximate surface area is 115 Å². The van der Waals surface area contributed by atoms with E-state index in [1.807, 2.05) is 13.8 Å². The third-order valence-electron chi connectivity index (χ3n) is 4.19. The van der Waals surface area contributed by atoms with E-state index >= 15 is 0 Å². The first kappa shape index (κ1) is 18.0. The highest BCUT2D eigenvalue weighted by molar-refractivity contribution is 4.86. The van der Waals surface area contributed by atoms with Crippen LogP contribution in [-0.2, 0) is 0 Å². The van der Waals surface area contributed by atoms with Gasteiger partial charge in [-0.15, -0.1) is 0 Å². The lowest BCUT2D eigenvalue weighted by Gasteiger charge is -2.41. The Morgan fingerprint density at radius 1 is 1.11 bits per heavy atom. The van der Waals surface area contributed by atoms with E-state index in [-0.39, 0.29) is 11.5 Å². The topological polar surface area (TPSA) is 20.2 Å². The van der Waals surface area contributed by atoms with E-state index in [9.17, 15) is 5.11 Å². The van der Waals surface area contributed by atoms with Crippen molar-refractivity contribution in [3.8, 4) is 0 Å². The maximum atomic E-state index is 10.1. The highest BCUT2D eigenvalue weighted by Crippen LogP contribution is 2.41. The molecule has 1 rings (SSSR count). The summed E-state index contributed by atoms with van der Waals surface area (Å²) in [6.45, 7) is 15.4. The fourth-order valence-corrected chi connectivity index (χ4v) is 3.00. The molecule has 1 heteroatoms. The maximum Gasteiger partial charge on any atom is 0.0573 e. The van der Waals surface area contributed by atoms with Gasteiger partial charge in [-0.05, 0) is 42.4 Å². The van der Waals surface area contributed by atoms with Crippen LogP contribution < -0.4 is 0 Å². The number of aliphatic hydroxyl groups excluding tert-OH is 1. The van der Waals surface area contributed by atoms with Gasteiger partial charge in [0.25, 0.3) is 0 Å². The average Bonchev–Trinajstić information content (AvgIpc) is 2.29. The van der Waals surface area contributed by atoms with Crippen LogP contribution in [0.2, 0.25) is 0 Å². The molecule has 0 aliphatic heterocycles. The van der Waals surface area contributed by atoms with Crippen molar-refractivity contribution >= 4 is 0 Å². The number of hydrogen-bond acceptors (Lipinski definition) is 1. The van der Waals surface area contributed by atoms with Crippen LogP contribution >= 0.6 is 0 Å². The SMILES string of the molecule is CC.CC(C)CCC1CCC(O)C(C(C)(C)C)C1. The van der Waals surface area contributed by atoms with Gasteiger partial charge in [0.1, 0.15) is 0 Å². The van der Waals surface area contributed by atoms with Gasteiger partial charge in [0, 0.05) is 0 Å². The summed E-state index contributed by atoms with van der Waals surface area (Å²) in [5.41, 5.74) is 0.260. The van der Waals surface area contributed by atoms with Crippen molar-refractivity contribution < 1.29 is 5.11 Å². The summed E-state index contributed by atoms with van der Waals surface area (Å²) in [7, 11) is 0. The molecule has 0 aromatic carbocycles. The van der Waals surface area contributed by atoms with Crippen molar-refractivity contribution in [2.45, 2.75) is 86.7 Å². The molecule has 1 N–H and O–H groups in total. The second-order valence-corrected chi connectivity index (χ2v) is 7.19. The Bertz CT molecular complexity index is 202. The summed E-state index contributed by atoms with van der Waals surface area (Å²) in [4.78, 5) is 0. The molecule has 0 radical (unpaired) electrons. The highest BCUT2D eigenvalue weighted by Gasteiger charge is 2.36. The van der Waals surface area contributed by atoms with Crippen molar-refractivity contribution in [1.29, 1.82) is 0 Å². The third kappa shape index (κ3) is 6.22. The van der Waals surface area contributed by atoms with Gasteiger partial charge >= 0.3 is 0 Å². The molecular weight excluding hydrogens is 220 g/mol. The number of aliphatic hydroxyl groups is 1. The molecule has 3 atom stereocenters. The molecule has 0 aromatic rings. The van der Waals surface area contributed by atoms with Crippen molar-refractivity contribution in [3.63, 3.8) is 0 Å². The Balaban J connectivity index is 0.00000137. The van der Waals surface area contributed by atoms with Crippen LogP contribution in [0.4, 0.5) is 0 Å². The summed E-state index contributed by atoms with van der Waals surface area (Å²) in [5, 5.41) is 10.1. The van der Waals surface area contributed by atoms with Crippen LogP contribution in [0.25, 0.3) is 0 Å². The Kier molecular flexibility index (Phi) is 8.18. The van der Waals surface area contributed by atoms with Crippen molar-refractivity contribution in [2.24, 2.45) is 23.2 Å².